The molecule has 3 aromatic rings. The van der Waals surface area contributed by atoms with Crippen LogP contribution in [0.15, 0.2) is 16.7 Å². The van der Waals surface area contributed by atoms with Gasteiger partial charge in [0.25, 0.3) is 5.95 Å². The molecule has 0 spiro atoms. The quantitative estimate of drug-likeness (QED) is 0.528. The highest BCUT2D eigenvalue weighted by Gasteiger charge is 2.28. The average Bonchev–Trinajstić information content (AvgIpc) is 3.40. The van der Waals surface area contributed by atoms with Crippen LogP contribution < -0.4 is 10.1 Å². The molecular formula is C23H31N7O4. The molecule has 11 heteroatoms. The number of anilines is 1. The predicted octanol–water partition coefficient (Wildman–Crippen LogP) is 3.50. The second kappa shape index (κ2) is 9.40. The van der Waals surface area contributed by atoms with E-state index in [1.165, 1.54) is 0 Å². The van der Waals surface area contributed by atoms with Crippen LogP contribution in [-0.2, 0) is 23.8 Å². The third-order valence-corrected chi connectivity index (χ3v) is 5.97. The lowest BCUT2D eigenvalue weighted by Crippen LogP contribution is -2.29. The smallest absolute Gasteiger partial charge is 0.306 e. The van der Waals surface area contributed by atoms with Crippen molar-refractivity contribution in [2.75, 3.05) is 5.32 Å². The number of aliphatic carboxylic acids is 1. The summed E-state index contributed by atoms with van der Waals surface area (Å²) in [6, 6.07) is 3.71. The minimum atomic E-state index is -0.752. The lowest BCUT2D eigenvalue weighted by atomic mass is 9.87. The molecule has 0 saturated heterocycles. The Morgan fingerprint density at radius 1 is 1.29 bits per heavy atom. The van der Waals surface area contributed by atoms with E-state index in [1.54, 1.807) is 4.68 Å². The van der Waals surface area contributed by atoms with Crippen LogP contribution in [0.1, 0.15) is 63.7 Å². The van der Waals surface area contributed by atoms with Crippen LogP contribution in [0.25, 0.3) is 11.4 Å². The molecule has 11 nitrogen and oxygen atoms in total. The molecule has 3 aromatic heterocycles. The molecule has 2 atom stereocenters. The van der Waals surface area contributed by atoms with Gasteiger partial charge in [-0.2, -0.15) is 4.98 Å². The van der Waals surface area contributed by atoms with Gasteiger partial charge in [-0.25, -0.2) is 9.67 Å². The Kier molecular flexibility index (Phi) is 6.54. The fourth-order valence-corrected chi connectivity index (χ4v) is 4.00. The molecule has 2 N–H and O–H groups in total. The van der Waals surface area contributed by atoms with Gasteiger partial charge in [-0.15, -0.1) is 5.10 Å². The molecule has 1 aliphatic rings. The summed E-state index contributed by atoms with van der Waals surface area (Å²) in [7, 11) is 1.82. The molecule has 182 valence electrons. The van der Waals surface area contributed by atoms with E-state index in [9.17, 15) is 9.90 Å². The van der Waals surface area contributed by atoms with Crippen molar-refractivity contribution in [1.82, 2.24) is 30.1 Å². The number of aromatic nitrogens is 6. The second-order valence-corrected chi connectivity index (χ2v) is 9.76. The number of rotatable bonds is 7. The van der Waals surface area contributed by atoms with E-state index in [2.05, 4.69) is 25.8 Å². The van der Waals surface area contributed by atoms with Crippen molar-refractivity contribution < 1.29 is 19.2 Å². The Morgan fingerprint density at radius 3 is 2.76 bits per heavy atom. The summed E-state index contributed by atoms with van der Waals surface area (Å²) in [5.74, 6) is 0.512. The highest BCUT2D eigenvalue weighted by molar-refractivity contribution is 5.70. The normalized spacial score (nSPS) is 18.6. The van der Waals surface area contributed by atoms with E-state index in [0.717, 1.165) is 18.5 Å². The number of nitrogens with one attached hydrogen (secondary N) is 1. The lowest BCUT2D eigenvalue weighted by Gasteiger charge is -2.27. The van der Waals surface area contributed by atoms with E-state index in [1.807, 2.05) is 46.9 Å². The molecule has 0 aromatic carbocycles. The summed E-state index contributed by atoms with van der Waals surface area (Å²) in [4.78, 5) is 20.4. The summed E-state index contributed by atoms with van der Waals surface area (Å²) >= 11 is 0. The number of aryl methyl sites for hydroxylation is 2. The molecule has 0 unspecified atom stereocenters. The van der Waals surface area contributed by atoms with Crippen molar-refractivity contribution in [2.45, 2.75) is 71.4 Å². The number of hydrogen-bond donors (Lipinski definition) is 2. The Balaban J connectivity index is 1.47. The van der Waals surface area contributed by atoms with Gasteiger partial charge in [-0.05, 0) is 49.9 Å². The fraction of sp³-hybridized carbons (Fsp3) is 0.565. The summed E-state index contributed by atoms with van der Waals surface area (Å²) in [6.07, 6.45) is 2.79. The molecule has 0 bridgehead atoms. The van der Waals surface area contributed by atoms with Crippen LogP contribution in [0, 0.1) is 12.8 Å². The van der Waals surface area contributed by atoms with E-state index in [4.69, 9.17) is 14.2 Å². The van der Waals surface area contributed by atoms with Gasteiger partial charge in [0.15, 0.2) is 0 Å². The fourth-order valence-electron chi connectivity index (χ4n) is 4.00. The summed E-state index contributed by atoms with van der Waals surface area (Å²) in [6.45, 7) is 8.28. The number of carboxylic acid groups (broad SMARTS) is 1. The summed E-state index contributed by atoms with van der Waals surface area (Å²) in [5, 5.41) is 24.9. The number of carbonyl (C=O) groups is 1. The zero-order valence-electron chi connectivity index (χ0n) is 20.2. The van der Waals surface area contributed by atoms with Crippen LogP contribution in [0.3, 0.4) is 0 Å². The first kappa shape index (κ1) is 23.7. The van der Waals surface area contributed by atoms with Crippen LogP contribution in [0.4, 0.5) is 5.95 Å². The molecule has 0 amide bonds. The van der Waals surface area contributed by atoms with Gasteiger partial charge >= 0.3 is 5.97 Å². The van der Waals surface area contributed by atoms with Gasteiger partial charge in [-0.3, -0.25) is 4.79 Å². The highest BCUT2D eigenvalue weighted by Crippen LogP contribution is 2.30. The molecule has 1 aliphatic carbocycles. The lowest BCUT2D eigenvalue weighted by molar-refractivity contribution is -0.143. The minimum absolute atomic E-state index is 0.120. The van der Waals surface area contributed by atoms with Crippen molar-refractivity contribution in [2.24, 2.45) is 13.0 Å². The van der Waals surface area contributed by atoms with E-state index >= 15 is 0 Å². The monoisotopic (exact) mass is 469 g/mol. The van der Waals surface area contributed by atoms with Gasteiger partial charge in [-0.1, -0.05) is 26.0 Å². The topological polar surface area (TPSA) is 141 Å². The molecule has 4 rings (SSSR count). The number of carboxylic acids is 1. The Morgan fingerprint density at radius 2 is 2.09 bits per heavy atom. The zero-order chi connectivity index (χ0) is 24.5. The first-order valence-electron chi connectivity index (χ1n) is 11.5. The second-order valence-electron chi connectivity index (χ2n) is 9.76. The molecule has 0 aliphatic heterocycles. The van der Waals surface area contributed by atoms with Crippen molar-refractivity contribution >= 4 is 11.9 Å². The Bertz CT molecular complexity index is 1160. The Hall–Kier alpha value is -3.50. The van der Waals surface area contributed by atoms with E-state index in [-0.39, 0.29) is 17.4 Å². The molecule has 1 fully saturated rings. The zero-order valence-corrected chi connectivity index (χ0v) is 20.2. The van der Waals surface area contributed by atoms with Crippen molar-refractivity contribution in [3.8, 4) is 17.1 Å². The molecule has 0 radical (unpaired) electrons. The molecule has 34 heavy (non-hydrogen) atoms. The summed E-state index contributed by atoms with van der Waals surface area (Å²) < 4.78 is 13.1. The first-order valence-corrected chi connectivity index (χ1v) is 11.5. The number of ether oxygens (including phenoxy) is 1. The van der Waals surface area contributed by atoms with Crippen molar-refractivity contribution in [3.05, 3.63) is 29.4 Å². The number of pyridine rings is 1. The number of hydrogen-bond acceptors (Lipinski definition) is 9. The largest absolute Gasteiger partial charge is 0.489 e. The maximum atomic E-state index is 11.3. The maximum absolute atomic E-state index is 11.3. The molecule has 3 heterocycles. The maximum Gasteiger partial charge on any atom is 0.306 e. The standard InChI is InChI=1S/C23H31N7O4/c1-13-18(33-15-8-6-7-14(11-15)20(31)32)10-9-16(25-13)19-17(30(5)29-27-19)12-24-22-26-21(34-28-22)23(2,3)4/h9-10,14-15H,6-8,11-12H2,1-5H3,(H,24,28)(H,31,32)/t14-,15-/m0/s1. The SMILES string of the molecule is Cc1nc(-c2nnn(C)c2CNc2noc(C(C)(C)C)n2)ccc1O[C@H]1CCC[C@H](C(=O)O)C1. The third-order valence-electron chi connectivity index (χ3n) is 5.97. The highest BCUT2D eigenvalue weighted by atomic mass is 16.5. The van der Waals surface area contributed by atoms with Crippen LogP contribution in [0.5, 0.6) is 5.75 Å². The van der Waals surface area contributed by atoms with E-state index < -0.39 is 5.97 Å². The first-order chi connectivity index (χ1) is 16.1. The van der Waals surface area contributed by atoms with Crippen molar-refractivity contribution in [1.29, 1.82) is 0 Å². The summed E-state index contributed by atoms with van der Waals surface area (Å²) in [5.41, 5.74) is 2.62. The van der Waals surface area contributed by atoms with Crippen LogP contribution >= 0.6 is 0 Å². The number of nitrogens with zero attached hydrogens (tertiary/aromatic N) is 6. The molecular weight excluding hydrogens is 438 g/mol. The van der Waals surface area contributed by atoms with Crippen LogP contribution in [0.2, 0.25) is 0 Å². The Labute approximate surface area is 197 Å². The van der Waals surface area contributed by atoms with Gasteiger partial charge in [0.2, 0.25) is 5.89 Å². The predicted molar refractivity (Wildman–Crippen MR) is 123 cm³/mol. The van der Waals surface area contributed by atoms with Gasteiger partial charge in [0, 0.05) is 12.5 Å². The van der Waals surface area contributed by atoms with Gasteiger partial charge in [0.1, 0.15) is 11.4 Å². The third kappa shape index (κ3) is 5.18. The minimum Gasteiger partial charge on any atom is -0.489 e. The molecule has 1 saturated carbocycles. The van der Waals surface area contributed by atoms with Crippen molar-refractivity contribution in [3.63, 3.8) is 0 Å². The van der Waals surface area contributed by atoms with Gasteiger partial charge < -0.3 is 19.7 Å². The van der Waals surface area contributed by atoms with Crippen LogP contribution in [-0.4, -0.2) is 47.3 Å². The van der Waals surface area contributed by atoms with E-state index in [0.29, 0.717) is 54.1 Å². The van der Waals surface area contributed by atoms with Gasteiger partial charge in [0.05, 0.1) is 35.6 Å². The average molecular weight is 470 g/mol.